The average Bonchev–Trinajstić information content (AvgIpc) is 2.58. The van der Waals surface area contributed by atoms with Gasteiger partial charge in [0, 0.05) is 20.2 Å². The monoisotopic (exact) mass is 380 g/mol. The van der Waals surface area contributed by atoms with E-state index in [1.165, 1.54) is 11.3 Å². The molecule has 1 aromatic heterocycles. The van der Waals surface area contributed by atoms with E-state index in [4.69, 9.17) is 9.29 Å². The fourth-order valence-electron chi connectivity index (χ4n) is 2.43. The van der Waals surface area contributed by atoms with Crippen molar-refractivity contribution in [3.8, 4) is 5.75 Å². The van der Waals surface area contributed by atoms with Gasteiger partial charge < -0.3 is 9.84 Å². The van der Waals surface area contributed by atoms with Crippen molar-refractivity contribution in [1.29, 1.82) is 0 Å². The molecule has 0 aliphatic rings. The molecule has 0 amide bonds. The first-order valence-electron chi connectivity index (χ1n) is 7.55. The van der Waals surface area contributed by atoms with E-state index in [1.807, 2.05) is 18.2 Å². The summed E-state index contributed by atoms with van der Waals surface area (Å²) < 4.78 is 37.2. The topological polar surface area (TPSA) is 101 Å². The first-order valence-corrected chi connectivity index (χ1v) is 9.98. The summed E-state index contributed by atoms with van der Waals surface area (Å²) in [7, 11) is -4.11. The zero-order valence-electron chi connectivity index (χ0n) is 13.1. The van der Waals surface area contributed by atoms with Crippen molar-refractivity contribution in [2.75, 3.05) is 12.4 Å². The van der Waals surface area contributed by atoms with Crippen LogP contribution in [0.1, 0.15) is 6.42 Å². The smallest absolute Gasteiger partial charge is 0.264 e. The highest BCUT2D eigenvalue weighted by Crippen LogP contribution is 2.27. The van der Waals surface area contributed by atoms with Crippen molar-refractivity contribution >= 4 is 41.6 Å². The summed E-state index contributed by atoms with van der Waals surface area (Å²) in [4.78, 5) is 12.6. The summed E-state index contributed by atoms with van der Waals surface area (Å²) in [5, 5.41) is 10.9. The van der Waals surface area contributed by atoms with Gasteiger partial charge in [-0.15, -0.1) is 11.3 Å². The number of benzene rings is 2. The molecule has 25 heavy (non-hydrogen) atoms. The largest absolute Gasteiger partial charge is 0.491 e. The van der Waals surface area contributed by atoms with Crippen LogP contribution in [-0.4, -0.2) is 36.5 Å². The van der Waals surface area contributed by atoms with Crippen molar-refractivity contribution < 1.29 is 22.8 Å². The molecule has 6 nitrogen and oxygen atoms in total. The number of hydrogen-bond acceptors (Lipinski definition) is 6. The first-order chi connectivity index (χ1) is 11.8. The molecule has 0 bridgehead atoms. The van der Waals surface area contributed by atoms with Gasteiger partial charge in [0.1, 0.15) is 12.4 Å². The lowest BCUT2D eigenvalue weighted by atomic mass is 10.2. The second kappa shape index (κ2) is 7.09. The molecular formula is C17H16O6S2. The molecule has 1 unspecified atom stereocenters. The second-order valence-corrected chi connectivity index (χ2v) is 8.28. The Hall–Kier alpha value is -2.00. The molecule has 8 heteroatoms. The van der Waals surface area contributed by atoms with Gasteiger partial charge in [-0.1, -0.05) is 12.1 Å². The minimum absolute atomic E-state index is 0.0817. The Kier molecular flexibility index (Phi) is 5.05. The van der Waals surface area contributed by atoms with Crippen LogP contribution in [0.5, 0.6) is 5.75 Å². The Morgan fingerprint density at radius 1 is 1.08 bits per heavy atom. The standard InChI is InChI=1S/C17H16O6S2/c18-11(7-8-25(20,21)22)10-23-12-5-6-16-14(9-12)17(19)13-3-1-2-4-15(13)24-16/h1-6,9,11,18H,7-8,10H2,(H,20,21,22). The van der Waals surface area contributed by atoms with Gasteiger partial charge in [-0.25, -0.2) is 0 Å². The summed E-state index contributed by atoms with van der Waals surface area (Å²) in [6.07, 6.45) is -1.17. The molecule has 3 aromatic rings. The maximum Gasteiger partial charge on any atom is 0.264 e. The Bertz CT molecular complexity index is 1070. The SMILES string of the molecule is O=c1c2ccccc2sc2ccc(OCC(O)CCS(=O)(=O)O)cc12. The van der Waals surface area contributed by atoms with Crippen molar-refractivity contribution in [3.63, 3.8) is 0 Å². The van der Waals surface area contributed by atoms with E-state index in [0.29, 0.717) is 16.5 Å². The zero-order chi connectivity index (χ0) is 18.0. The van der Waals surface area contributed by atoms with Crippen LogP contribution in [-0.2, 0) is 10.1 Å². The van der Waals surface area contributed by atoms with Crippen LogP contribution >= 0.6 is 11.3 Å². The van der Waals surface area contributed by atoms with Crippen LogP contribution in [0, 0.1) is 0 Å². The molecule has 0 saturated carbocycles. The molecule has 0 aliphatic carbocycles. The maximum absolute atomic E-state index is 12.6. The molecule has 0 aliphatic heterocycles. The summed E-state index contributed by atoms with van der Waals surface area (Å²) >= 11 is 1.51. The number of aliphatic hydroxyl groups excluding tert-OH is 1. The Balaban J connectivity index is 1.80. The predicted octanol–water partition coefficient (Wildman–Crippen LogP) is 2.43. The van der Waals surface area contributed by atoms with E-state index in [1.54, 1.807) is 24.3 Å². The molecule has 0 fully saturated rings. The van der Waals surface area contributed by atoms with E-state index in [-0.39, 0.29) is 18.5 Å². The lowest BCUT2D eigenvalue weighted by Gasteiger charge is -2.12. The normalized spacial score (nSPS) is 13.2. The Labute approximate surface area is 148 Å². The fraction of sp³-hybridized carbons (Fsp3) is 0.235. The van der Waals surface area contributed by atoms with E-state index < -0.39 is 22.0 Å². The molecule has 1 heterocycles. The summed E-state index contributed by atoms with van der Waals surface area (Å²) in [5.41, 5.74) is -0.0817. The van der Waals surface area contributed by atoms with Crippen LogP contribution in [0.3, 0.4) is 0 Å². The highest BCUT2D eigenvalue weighted by molar-refractivity contribution is 7.85. The van der Waals surface area contributed by atoms with Gasteiger partial charge in [-0.05, 0) is 36.8 Å². The van der Waals surface area contributed by atoms with Crippen LogP contribution in [0.2, 0.25) is 0 Å². The predicted molar refractivity (Wildman–Crippen MR) is 98.1 cm³/mol. The highest BCUT2D eigenvalue weighted by atomic mass is 32.2. The molecule has 3 rings (SSSR count). The van der Waals surface area contributed by atoms with Crippen LogP contribution < -0.4 is 10.2 Å². The van der Waals surface area contributed by atoms with Crippen LogP contribution in [0.25, 0.3) is 20.2 Å². The molecule has 132 valence electrons. The highest BCUT2D eigenvalue weighted by Gasteiger charge is 2.12. The minimum atomic E-state index is -4.11. The lowest BCUT2D eigenvalue weighted by molar-refractivity contribution is 0.104. The Morgan fingerprint density at radius 3 is 2.56 bits per heavy atom. The second-order valence-electron chi connectivity index (χ2n) is 5.62. The number of fused-ring (bicyclic) bond motifs is 2. The number of hydrogen-bond donors (Lipinski definition) is 2. The molecular weight excluding hydrogens is 364 g/mol. The van der Waals surface area contributed by atoms with Gasteiger partial charge >= 0.3 is 0 Å². The molecule has 1 atom stereocenters. The van der Waals surface area contributed by atoms with Gasteiger partial charge in [0.25, 0.3) is 10.1 Å². The van der Waals surface area contributed by atoms with E-state index in [0.717, 1.165) is 9.40 Å². The summed E-state index contributed by atoms with van der Waals surface area (Å²) in [6.45, 7) is -0.133. The number of ether oxygens (including phenoxy) is 1. The van der Waals surface area contributed by atoms with Gasteiger partial charge in [0.05, 0.1) is 11.9 Å². The fourth-order valence-corrected chi connectivity index (χ4v) is 4.05. The molecule has 0 spiro atoms. The molecule has 2 aromatic carbocycles. The summed E-state index contributed by atoms with van der Waals surface area (Å²) in [5.74, 6) is -0.119. The van der Waals surface area contributed by atoms with Crippen LogP contribution in [0.4, 0.5) is 0 Å². The van der Waals surface area contributed by atoms with E-state index in [2.05, 4.69) is 0 Å². The van der Waals surface area contributed by atoms with Gasteiger partial charge in [0.2, 0.25) is 0 Å². The average molecular weight is 380 g/mol. The van der Waals surface area contributed by atoms with Gasteiger partial charge in [-0.3, -0.25) is 9.35 Å². The maximum atomic E-state index is 12.6. The third-order valence-corrected chi connectivity index (χ3v) is 5.60. The van der Waals surface area contributed by atoms with Crippen molar-refractivity contribution in [2.24, 2.45) is 0 Å². The van der Waals surface area contributed by atoms with Crippen molar-refractivity contribution in [1.82, 2.24) is 0 Å². The van der Waals surface area contributed by atoms with Gasteiger partial charge in [-0.2, -0.15) is 8.42 Å². The number of aliphatic hydroxyl groups is 1. The third-order valence-electron chi connectivity index (χ3n) is 3.70. The molecule has 2 N–H and O–H groups in total. The first kappa shape index (κ1) is 17.8. The van der Waals surface area contributed by atoms with E-state index in [9.17, 15) is 18.3 Å². The Morgan fingerprint density at radius 2 is 1.80 bits per heavy atom. The lowest BCUT2D eigenvalue weighted by Crippen LogP contribution is -2.21. The quantitative estimate of drug-likeness (QED) is 0.503. The zero-order valence-corrected chi connectivity index (χ0v) is 14.7. The minimum Gasteiger partial charge on any atom is -0.491 e. The number of rotatable bonds is 6. The van der Waals surface area contributed by atoms with Crippen molar-refractivity contribution in [2.45, 2.75) is 12.5 Å². The van der Waals surface area contributed by atoms with Crippen LogP contribution in [0.15, 0.2) is 47.3 Å². The van der Waals surface area contributed by atoms with Gasteiger partial charge in [0.15, 0.2) is 5.43 Å². The van der Waals surface area contributed by atoms with Crippen molar-refractivity contribution in [3.05, 3.63) is 52.7 Å². The van der Waals surface area contributed by atoms with E-state index >= 15 is 0 Å². The summed E-state index contributed by atoms with van der Waals surface area (Å²) in [6, 6.07) is 12.5. The molecule has 0 saturated heterocycles. The third kappa shape index (κ3) is 4.35. The molecule has 0 radical (unpaired) electrons.